The number of aliphatic hydroxyl groups excluding tert-OH is 4. The van der Waals surface area contributed by atoms with Gasteiger partial charge in [0.15, 0.2) is 5.78 Å². The van der Waals surface area contributed by atoms with Crippen LogP contribution in [0.2, 0.25) is 0 Å². The first-order valence-electron chi connectivity index (χ1n) is 6.87. The fraction of sp³-hybridized carbons (Fsp3) is 0.727. The Balaban J connectivity index is 0. The summed E-state index contributed by atoms with van der Waals surface area (Å²) in [6, 6.07) is -0.979. The van der Waals surface area contributed by atoms with E-state index in [0.29, 0.717) is 0 Å². The zero-order valence-electron chi connectivity index (χ0n) is 13.4. The number of aliphatic hydroxyl groups is 4. The van der Waals surface area contributed by atoms with Gasteiger partial charge in [-0.25, -0.2) is 4.57 Å². The van der Waals surface area contributed by atoms with Crippen molar-refractivity contribution in [2.75, 3.05) is 13.2 Å². The normalized spacial score (nSPS) is 15.8. The fourth-order valence-corrected chi connectivity index (χ4v) is 1.53. The number of carbonyl (C=O) groups excluding carboxylic acids is 2. The number of hydrogen-bond donors (Lipinski definition) is 9. The minimum atomic E-state index is -4.81. The molecule has 0 aliphatic carbocycles. The van der Waals surface area contributed by atoms with Crippen molar-refractivity contribution in [2.24, 2.45) is 11.5 Å². The summed E-state index contributed by atoms with van der Waals surface area (Å²) in [5, 5.41) is 43.8. The van der Waals surface area contributed by atoms with Gasteiger partial charge in [-0.05, 0) is 6.42 Å². The van der Waals surface area contributed by atoms with E-state index in [1.807, 2.05) is 0 Å². The molecule has 0 radical (unpaired) electrons. The zero-order chi connectivity index (χ0) is 21.1. The van der Waals surface area contributed by atoms with Crippen LogP contribution in [-0.4, -0.2) is 90.5 Å². The lowest BCUT2D eigenvalue weighted by Crippen LogP contribution is -2.45. The highest BCUT2D eigenvalue weighted by molar-refractivity contribution is 7.46. The molecule has 0 spiro atoms. The van der Waals surface area contributed by atoms with Crippen LogP contribution >= 0.6 is 7.82 Å². The number of hydrogen-bond acceptors (Lipinski definition) is 10. The van der Waals surface area contributed by atoms with Gasteiger partial charge in [0.25, 0.3) is 0 Å². The van der Waals surface area contributed by atoms with E-state index in [0.717, 1.165) is 0 Å². The molecule has 14 nitrogen and oxygen atoms in total. The summed E-state index contributed by atoms with van der Waals surface area (Å²) >= 11 is 0. The number of Topliss-reactive ketones (excluding diaryl/α,β-unsaturated/α-hetero) is 1. The first-order chi connectivity index (χ1) is 11.7. The van der Waals surface area contributed by atoms with Crippen molar-refractivity contribution in [1.82, 2.24) is 0 Å². The second-order valence-corrected chi connectivity index (χ2v) is 6.10. The average molecular weight is 406 g/mol. The molecule has 0 aromatic rings. The first kappa shape index (κ1) is 26.7. The number of ketones is 1. The molecule has 0 fully saturated rings. The number of carbonyl (C=O) groups is 3. The minimum Gasteiger partial charge on any atom is -0.480 e. The standard InChI is InChI=1S/C6H13O9P.C5H10N2O3/c7-1-3(8)5(10)6(11)4(9)2-15-16(12,13)14;6-3(5(9)10)1-2-4(7)8/h4-7,9-11H,1-2H2,(H2,12,13,14);3H,1-2,6H2,(H2,7,8)(H,9,10)/t4-,5-,6-;3-/m10/s1. The summed E-state index contributed by atoms with van der Waals surface area (Å²) in [4.78, 5) is 47.4. The maximum absolute atomic E-state index is 10.7. The highest BCUT2D eigenvalue weighted by Gasteiger charge is 2.31. The number of phosphoric acid groups is 1. The average Bonchev–Trinajstić information content (AvgIpc) is 2.54. The predicted molar refractivity (Wildman–Crippen MR) is 82.1 cm³/mol. The van der Waals surface area contributed by atoms with Gasteiger partial charge in [0.05, 0.1) is 6.61 Å². The number of carboxylic acids is 1. The Bertz CT molecular complexity index is 509. The van der Waals surface area contributed by atoms with E-state index in [2.05, 4.69) is 4.52 Å². The molecule has 0 saturated carbocycles. The lowest BCUT2D eigenvalue weighted by molar-refractivity contribution is -0.142. The van der Waals surface area contributed by atoms with E-state index in [1.165, 1.54) is 0 Å². The second-order valence-electron chi connectivity index (χ2n) is 4.86. The van der Waals surface area contributed by atoms with E-state index < -0.39 is 63.0 Å². The van der Waals surface area contributed by atoms with Crippen LogP contribution in [0.1, 0.15) is 12.8 Å². The van der Waals surface area contributed by atoms with Crippen molar-refractivity contribution in [3.05, 3.63) is 0 Å². The summed E-state index contributed by atoms with van der Waals surface area (Å²) in [6.07, 6.45) is -5.82. The molecular weight excluding hydrogens is 383 g/mol. The SMILES string of the molecule is NC(=O)CC[C@H](N)C(=O)O.O=C(CO)[C@@H](O)[C@H](O)[C@H](O)COP(=O)(O)O. The van der Waals surface area contributed by atoms with Crippen LogP contribution < -0.4 is 11.5 Å². The van der Waals surface area contributed by atoms with Gasteiger partial charge >= 0.3 is 13.8 Å². The van der Waals surface area contributed by atoms with Crippen LogP contribution in [-0.2, 0) is 23.5 Å². The molecule has 4 atom stereocenters. The molecule has 0 unspecified atom stereocenters. The molecule has 11 N–H and O–H groups in total. The third-order valence-electron chi connectivity index (χ3n) is 2.64. The Labute approximate surface area is 147 Å². The quantitative estimate of drug-likeness (QED) is 0.146. The highest BCUT2D eigenvalue weighted by Crippen LogP contribution is 2.35. The van der Waals surface area contributed by atoms with Crippen LogP contribution in [0, 0.1) is 0 Å². The number of carboxylic acid groups (broad SMARTS) is 1. The highest BCUT2D eigenvalue weighted by atomic mass is 31.2. The molecule has 26 heavy (non-hydrogen) atoms. The zero-order valence-corrected chi connectivity index (χ0v) is 14.3. The van der Waals surface area contributed by atoms with Gasteiger partial charge in [0.2, 0.25) is 5.91 Å². The summed E-state index contributed by atoms with van der Waals surface area (Å²) in [5.74, 6) is -2.78. The van der Waals surface area contributed by atoms with E-state index in [-0.39, 0.29) is 12.8 Å². The van der Waals surface area contributed by atoms with Gasteiger partial charge in [-0.3, -0.25) is 18.9 Å². The van der Waals surface area contributed by atoms with E-state index in [1.54, 1.807) is 0 Å². The summed E-state index contributed by atoms with van der Waals surface area (Å²) in [5.41, 5.74) is 9.81. The predicted octanol–water partition coefficient (Wildman–Crippen LogP) is -4.60. The summed E-state index contributed by atoms with van der Waals surface area (Å²) < 4.78 is 14.1. The number of primary amides is 1. The molecule has 0 bridgehead atoms. The Morgan fingerprint density at radius 1 is 1.12 bits per heavy atom. The monoisotopic (exact) mass is 406 g/mol. The van der Waals surface area contributed by atoms with Crippen LogP contribution in [0.4, 0.5) is 0 Å². The molecule has 0 aliphatic heterocycles. The largest absolute Gasteiger partial charge is 0.480 e. The molecule has 0 aliphatic rings. The summed E-state index contributed by atoms with van der Waals surface area (Å²) in [6.45, 7) is -2.01. The molecular formula is C11H23N2O12P. The maximum Gasteiger partial charge on any atom is 0.469 e. The third-order valence-corrected chi connectivity index (χ3v) is 3.12. The van der Waals surface area contributed by atoms with Gasteiger partial charge in [-0.1, -0.05) is 0 Å². The van der Waals surface area contributed by atoms with Crippen molar-refractivity contribution < 1.29 is 58.8 Å². The van der Waals surface area contributed by atoms with Gasteiger partial charge in [0.1, 0.15) is 31.0 Å². The smallest absolute Gasteiger partial charge is 0.469 e. The van der Waals surface area contributed by atoms with Crippen molar-refractivity contribution in [2.45, 2.75) is 37.2 Å². The molecule has 0 saturated heterocycles. The lowest BCUT2D eigenvalue weighted by atomic mass is 10.1. The molecule has 0 aromatic heterocycles. The molecule has 0 heterocycles. The van der Waals surface area contributed by atoms with Gasteiger partial charge in [0, 0.05) is 6.42 Å². The Kier molecular flexibility index (Phi) is 13.2. The third kappa shape index (κ3) is 13.8. The van der Waals surface area contributed by atoms with Gasteiger partial charge in [-0.15, -0.1) is 0 Å². The van der Waals surface area contributed by atoms with Crippen LogP contribution in [0.15, 0.2) is 0 Å². The number of nitrogens with two attached hydrogens (primary N) is 2. The molecule has 1 amide bonds. The Morgan fingerprint density at radius 3 is 1.96 bits per heavy atom. The molecule has 0 aromatic carbocycles. The van der Waals surface area contributed by atoms with Crippen molar-refractivity contribution in [3.63, 3.8) is 0 Å². The van der Waals surface area contributed by atoms with E-state index in [9.17, 15) is 18.9 Å². The molecule has 15 heteroatoms. The van der Waals surface area contributed by atoms with Crippen LogP contribution in [0.25, 0.3) is 0 Å². The van der Waals surface area contributed by atoms with Crippen molar-refractivity contribution in [1.29, 1.82) is 0 Å². The van der Waals surface area contributed by atoms with Crippen molar-refractivity contribution >= 4 is 25.5 Å². The molecule has 0 rings (SSSR count). The number of rotatable bonds is 11. The number of aliphatic carboxylic acids is 1. The van der Waals surface area contributed by atoms with Gasteiger partial charge in [-0.2, -0.15) is 0 Å². The number of amides is 1. The Morgan fingerprint density at radius 2 is 1.62 bits per heavy atom. The van der Waals surface area contributed by atoms with Crippen LogP contribution in [0.5, 0.6) is 0 Å². The Hall–Kier alpha value is -1.48. The topological polar surface area (TPSA) is 271 Å². The number of phosphoric ester groups is 1. The van der Waals surface area contributed by atoms with E-state index in [4.69, 9.17) is 46.8 Å². The summed E-state index contributed by atoms with van der Waals surface area (Å²) in [7, 11) is -4.81. The lowest BCUT2D eigenvalue weighted by Gasteiger charge is -2.21. The first-order valence-corrected chi connectivity index (χ1v) is 8.40. The van der Waals surface area contributed by atoms with Crippen LogP contribution in [0.3, 0.4) is 0 Å². The van der Waals surface area contributed by atoms with E-state index >= 15 is 0 Å². The maximum atomic E-state index is 10.7. The fourth-order valence-electron chi connectivity index (χ4n) is 1.19. The molecule has 154 valence electrons. The van der Waals surface area contributed by atoms with Crippen molar-refractivity contribution in [3.8, 4) is 0 Å². The second kappa shape index (κ2) is 12.8. The van der Waals surface area contributed by atoms with Gasteiger partial charge < -0.3 is 46.8 Å². The minimum absolute atomic E-state index is 0.0213.